The van der Waals surface area contributed by atoms with Gasteiger partial charge in [-0.2, -0.15) is 0 Å². The molecule has 90 valence electrons. The van der Waals surface area contributed by atoms with Crippen LogP contribution in [0.15, 0.2) is 36.4 Å². The molecule has 1 N–H and O–H groups in total. The van der Waals surface area contributed by atoms with Crippen LogP contribution in [0.4, 0.5) is 0 Å². The largest absolute Gasteiger partial charge is 0.387 e. The first kappa shape index (κ1) is 12.4. The second kappa shape index (κ2) is 5.05. The number of aliphatic hydroxyl groups excluding tert-OH is 1. The van der Waals surface area contributed by atoms with Crippen molar-refractivity contribution in [2.45, 2.75) is 6.10 Å². The molecular weight excluding hydrogens is 234 g/mol. The molecular formula is C14H16ClNO. The number of likely N-dealkylation sites (N-methyl/N-ethyl adjacent to an activating group) is 1. The predicted octanol–water partition coefficient (Wildman–Crippen LogP) is 3.09. The van der Waals surface area contributed by atoms with Crippen LogP contribution in [0.1, 0.15) is 11.7 Å². The highest BCUT2D eigenvalue weighted by atomic mass is 35.5. The lowest BCUT2D eigenvalue weighted by Crippen LogP contribution is -2.20. The summed E-state index contributed by atoms with van der Waals surface area (Å²) in [6, 6.07) is 11.6. The van der Waals surface area contributed by atoms with Gasteiger partial charge in [0, 0.05) is 17.0 Å². The first-order valence-corrected chi connectivity index (χ1v) is 5.97. The van der Waals surface area contributed by atoms with Crippen LogP contribution < -0.4 is 0 Å². The summed E-state index contributed by atoms with van der Waals surface area (Å²) in [5.74, 6) is 0. The van der Waals surface area contributed by atoms with E-state index < -0.39 is 6.10 Å². The van der Waals surface area contributed by atoms with Gasteiger partial charge in [0.1, 0.15) is 0 Å². The monoisotopic (exact) mass is 249 g/mol. The van der Waals surface area contributed by atoms with Crippen molar-refractivity contribution >= 4 is 22.4 Å². The fourth-order valence-corrected chi connectivity index (χ4v) is 2.25. The molecule has 2 rings (SSSR count). The number of hydrogen-bond acceptors (Lipinski definition) is 2. The van der Waals surface area contributed by atoms with Gasteiger partial charge >= 0.3 is 0 Å². The molecule has 0 heterocycles. The van der Waals surface area contributed by atoms with Crippen molar-refractivity contribution in [3.05, 3.63) is 47.0 Å². The van der Waals surface area contributed by atoms with Crippen LogP contribution in [0, 0.1) is 0 Å². The van der Waals surface area contributed by atoms with Gasteiger partial charge in [-0.15, -0.1) is 0 Å². The van der Waals surface area contributed by atoms with Crippen molar-refractivity contribution in [2.75, 3.05) is 20.6 Å². The molecule has 0 saturated carbocycles. The third-order valence-electron chi connectivity index (χ3n) is 2.80. The zero-order valence-electron chi connectivity index (χ0n) is 10.0. The minimum atomic E-state index is -0.493. The summed E-state index contributed by atoms with van der Waals surface area (Å²) in [5, 5.41) is 12.9. The topological polar surface area (TPSA) is 23.5 Å². The van der Waals surface area contributed by atoms with Crippen LogP contribution in [0.5, 0.6) is 0 Å². The average molecular weight is 250 g/mol. The van der Waals surface area contributed by atoms with Gasteiger partial charge in [0.2, 0.25) is 0 Å². The predicted molar refractivity (Wildman–Crippen MR) is 72.5 cm³/mol. The summed E-state index contributed by atoms with van der Waals surface area (Å²) in [4.78, 5) is 1.97. The minimum absolute atomic E-state index is 0.493. The van der Waals surface area contributed by atoms with Gasteiger partial charge in [-0.1, -0.05) is 41.9 Å². The van der Waals surface area contributed by atoms with Gasteiger partial charge in [-0.05, 0) is 31.1 Å². The molecule has 2 aromatic carbocycles. The second-order valence-corrected chi connectivity index (χ2v) is 4.87. The van der Waals surface area contributed by atoms with E-state index in [4.69, 9.17) is 11.6 Å². The van der Waals surface area contributed by atoms with Gasteiger partial charge in [-0.3, -0.25) is 0 Å². The molecule has 0 unspecified atom stereocenters. The number of halogens is 1. The fraction of sp³-hybridized carbons (Fsp3) is 0.286. The van der Waals surface area contributed by atoms with E-state index in [-0.39, 0.29) is 0 Å². The molecule has 0 aliphatic rings. The van der Waals surface area contributed by atoms with Gasteiger partial charge < -0.3 is 10.0 Å². The standard InChI is InChI=1S/C14H16ClNO/c1-16(2)9-14(17)12-7-8-13(15)11-6-4-3-5-10(11)12/h3-8,14,17H,9H2,1-2H3/t14-/m1/s1. The van der Waals surface area contributed by atoms with Gasteiger partial charge in [0.15, 0.2) is 0 Å². The summed E-state index contributed by atoms with van der Waals surface area (Å²) in [6.45, 7) is 0.603. The lowest BCUT2D eigenvalue weighted by atomic mass is 10.00. The molecule has 0 aliphatic carbocycles. The van der Waals surface area contributed by atoms with Crippen molar-refractivity contribution in [1.82, 2.24) is 4.90 Å². The zero-order valence-corrected chi connectivity index (χ0v) is 10.8. The normalized spacial score (nSPS) is 13.2. The van der Waals surface area contributed by atoms with Gasteiger partial charge in [0.25, 0.3) is 0 Å². The van der Waals surface area contributed by atoms with E-state index >= 15 is 0 Å². The van der Waals surface area contributed by atoms with Crippen LogP contribution in [-0.2, 0) is 0 Å². The molecule has 0 saturated heterocycles. The minimum Gasteiger partial charge on any atom is -0.387 e. The van der Waals surface area contributed by atoms with E-state index in [1.807, 2.05) is 55.4 Å². The van der Waals surface area contributed by atoms with Crippen LogP contribution >= 0.6 is 11.6 Å². The van der Waals surface area contributed by atoms with Crippen molar-refractivity contribution < 1.29 is 5.11 Å². The first-order chi connectivity index (χ1) is 8.09. The van der Waals surface area contributed by atoms with Crippen LogP contribution in [0.2, 0.25) is 5.02 Å². The van der Waals surface area contributed by atoms with Gasteiger partial charge in [-0.25, -0.2) is 0 Å². The van der Waals surface area contributed by atoms with E-state index in [0.29, 0.717) is 6.54 Å². The molecule has 0 aromatic heterocycles. The summed E-state index contributed by atoms with van der Waals surface area (Å²) in [6.07, 6.45) is -0.493. The molecule has 0 aliphatic heterocycles. The maximum atomic E-state index is 10.2. The molecule has 0 amide bonds. The molecule has 0 fully saturated rings. The Morgan fingerprint density at radius 2 is 1.76 bits per heavy atom. The van der Waals surface area contributed by atoms with E-state index in [2.05, 4.69) is 0 Å². The molecule has 0 bridgehead atoms. The maximum Gasteiger partial charge on any atom is 0.0922 e. The lowest BCUT2D eigenvalue weighted by Gasteiger charge is -2.18. The van der Waals surface area contributed by atoms with E-state index in [9.17, 15) is 5.11 Å². The van der Waals surface area contributed by atoms with Crippen LogP contribution in [0.25, 0.3) is 10.8 Å². The third kappa shape index (κ3) is 2.60. The van der Waals surface area contributed by atoms with Crippen molar-refractivity contribution in [2.24, 2.45) is 0 Å². The highest BCUT2D eigenvalue weighted by Gasteiger charge is 2.13. The quantitative estimate of drug-likeness (QED) is 0.904. The Morgan fingerprint density at radius 1 is 1.12 bits per heavy atom. The van der Waals surface area contributed by atoms with Gasteiger partial charge in [0.05, 0.1) is 6.10 Å². The Hall–Kier alpha value is -1.09. The van der Waals surface area contributed by atoms with E-state index in [1.54, 1.807) is 0 Å². The number of benzene rings is 2. The number of aliphatic hydroxyl groups is 1. The smallest absolute Gasteiger partial charge is 0.0922 e. The second-order valence-electron chi connectivity index (χ2n) is 4.46. The fourth-order valence-electron chi connectivity index (χ4n) is 2.02. The molecule has 2 aromatic rings. The van der Waals surface area contributed by atoms with Crippen LogP contribution in [0.3, 0.4) is 0 Å². The summed E-state index contributed by atoms with van der Waals surface area (Å²) in [5.41, 5.74) is 0.929. The highest BCUT2D eigenvalue weighted by Crippen LogP contribution is 2.30. The average Bonchev–Trinajstić information content (AvgIpc) is 2.29. The Kier molecular flexibility index (Phi) is 3.67. The molecule has 0 spiro atoms. The number of fused-ring (bicyclic) bond motifs is 1. The third-order valence-corrected chi connectivity index (χ3v) is 3.13. The van der Waals surface area contributed by atoms with E-state index in [1.165, 1.54) is 0 Å². The Bertz CT molecular complexity index is 525. The summed E-state index contributed by atoms with van der Waals surface area (Å²) in [7, 11) is 3.89. The van der Waals surface area contributed by atoms with E-state index in [0.717, 1.165) is 21.4 Å². The highest BCUT2D eigenvalue weighted by molar-refractivity contribution is 6.35. The molecule has 3 heteroatoms. The van der Waals surface area contributed by atoms with Crippen LogP contribution in [-0.4, -0.2) is 30.6 Å². The van der Waals surface area contributed by atoms with Crippen molar-refractivity contribution in [1.29, 1.82) is 0 Å². The SMILES string of the molecule is CN(C)C[C@@H](O)c1ccc(Cl)c2ccccc12. The Morgan fingerprint density at radius 3 is 2.41 bits per heavy atom. The molecule has 17 heavy (non-hydrogen) atoms. The Labute approximate surface area is 106 Å². The van der Waals surface area contributed by atoms with Crippen molar-refractivity contribution in [3.8, 4) is 0 Å². The number of nitrogens with zero attached hydrogens (tertiary/aromatic N) is 1. The van der Waals surface area contributed by atoms with Crippen molar-refractivity contribution in [3.63, 3.8) is 0 Å². The summed E-state index contributed by atoms with van der Waals surface area (Å²) >= 11 is 6.15. The first-order valence-electron chi connectivity index (χ1n) is 5.59. The molecule has 1 atom stereocenters. The number of hydrogen-bond donors (Lipinski definition) is 1. The summed E-state index contributed by atoms with van der Waals surface area (Å²) < 4.78 is 0. The lowest BCUT2D eigenvalue weighted by molar-refractivity contribution is 0.140. The Balaban J connectivity index is 2.51. The zero-order chi connectivity index (χ0) is 12.4. The molecule has 2 nitrogen and oxygen atoms in total. The molecule has 0 radical (unpaired) electrons. The maximum absolute atomic E-state index is 10.2. The number of rotatable bonds is 3.